The third-order valence-corrected chi connectivity index (χ3v) is 4.61. The molecule has 140 valence electrons. The molecule has 0 saturated carbocycles. The van der Waals surface area contributed by atoms with E-state index in [1.807, 2.05) is 24.3 Å². The van der Waals surface area contributed by atoms with Crippen molar-refractivity contribution in [1.29, 1.82) is 0 Å². The van der Waals surface area contributed by atoms with Crippen LogP contribution in [0.4, 0.5) is 0 Å². The molecule has 1 unspecified atom stereocenters. The van der Waals surface area contributed by atoms with E-state index in [-0.39, 0.29) is 20.4 Å². The molecule has 3 rings (SSSR count). The summed E-state index contributed by atoms with van der Waals surface area (Å²) in [5.74, 6) is 0. The Kier molecular flexibility index (Phi) is 8.31. The molecule has 1 atom stereocenters. The third-order valence-electron chi connectivity index (χ3n) is 4.61. The van der Waals surface area contributed by atoms with Crippen LogP contribution in [0.2, 0.25) is 0 Å². The standard InChI is InChI=1S/C23H26BNO.CH4/c1-2-19-13-15-22(16-14-19)24(21-11-7-4-8-12-21)26-18-23(25)17-20-9-5-3-6-10-20;/h3-16,23H,2,17-18,25H2,1H3;1H4. The molecule has 0 aliphatic carbocycles. The van der Waals surface area contributed by atoms with Crippen LogP contribution in [0.1, 0.15) is 25.5 Å². The highest BCUT2D eigenvalue weighted by Gasteiger charge is 2.22. The van der Waals surface area contributed by atoms with Gasteiger partial charge in [0, 0.05) is 12.6 Å². The first kappa shape index (κ1) is 21.0. The average molecular weight is 359 g/mol. The summed E-state index contributed by atoms with van der Waals surface area (Å²) in [4.78, 5) is 0. The molecule has 2 nitrogen and oxygen atoms in total. The lowest BCUT2D eigenvalue weighted by atomic mass is 9.55. The van der Waals surface area contributed by atoms with E-state index in [9.17, 15) is 0 Å². The zero-order valence-electron chi connectivity index (χ0n) is 15.3. The summed E-state index contributed by atoms with van der Waals surface area (Å²) >= 11 is 0. The first-order valence-electron chi connectivity index (χ1n) is 9.31. The van der Waals surface area contributed by atoms with Gasteiger partial charge in [0.25, 0.3) is 0 Å². The zero-order chi connectivity index (χ0) is 18.2. The van der Waals surface area contributed by atoms with Crippen LogP contribution in [-0.4, -0.2) is 19.6 Å². The van der Waals surface area contributed by atoms with Gasteiger partial charge in [-0.15, -0.1) is 0 Å². The molecule has 0 aromatic heterocycles. The van der Waals surface area contributed by atoms with Crippen LogP contribution >= 0.6 is 0 Å². The molecule has 0 aliphatic heterocycles. The smallest absolute Gasteiger partial charge is 0.361 e. The van der Waals surface area contributed by atoms with Crippen molar-refractivity contribution in [2.75, 3.05) is 6.61 Å². The fourth-order valence-corrected chi connectivity index (χ4v) is 3.14. The lowest BCUT2D eigenvalue weighted by molar-refractivity contribution is 0.300. The van der Waals surface area contributed by atoms with Crippen LogP contribution in [-0.2, 0) is 17.5 Å². The Bertz CT molecular complexity index is 774. The van der Waals surface area contributed by atoms with Crippen molar-refractivity contribution in [1.82, 2.24) is 0 Å². The maximum Gasteiger partial charge on any atom is 0.361 e. The van der Waals surface area contributed by atoms with Crippen molar-refractivity contribution < 1.29 is 4.65 Å². The highest BCUT2D eigenvalue weighted by Crippen LogP contribution is 2.04. The summed E-state index contributed by atoms with van der Waals surface area (Å²) < 4.78 is 6.30. The second-order valence-corrected chi connectivity index (χ2v) is 6.67. The van der Waals surface area contributed by atoms with E-state index in [1.165, 1.54) is 16.6 Å². The Labute approximate surface area is 164 Å². The highest BCUT2D eigenvalue weighted by molar-refractivity contribution is 6.80. The van der Waals surface area contributed by atoms with Crippen LogP contribution in [0.5, 0.6) is 0 Å². The van der Waals surface area contributed by atoms with Gasteiger partial charge in [-0.3, -0.25) is 0 Å². The van der Waals surface area contributed by atoms with Gasteiger partial charge >= 0.3 is 6.92 Å². The maximum atomic E-state index is 6.33. The minimum atomic E-state index is -0.0936. The van der Waals surface area contributed by atoms with Gasteiger partial charge in [-0.25, -0.2) is 0 Å². The van der Waals surface area contributed by atoms with Crippen molar-refractivity contribution in [2.24, 2.45) is 5.73 Å². The molecule has 0 radical (unpaired) electrons. The van der Waals surface area contributed by atoms with Gasteiger partial charge in [-0.2, -0.15) is 0 Å². The number of aryl methyl sites for hydroxylation is 1. The first-order chi connectivity index (χ1) is 12.8. The topological polar surface area (TPSA) is 35.2 Å². The van der Waals surface area contributed by atoms with Crippen LogP contribution < -0.4 is 16.7 Å². The predicted molar refractivity (Wildman–Crippen MR) is 118 cm³/mol. The molecule has 0 fully saturated rings. The Morgan fingerprint density at radius 3 is 1.93 bits per heavy atom. The van der Waals surface area contributed by atoms with Gasteiger partial charge in [-0.1, -0.05) is 99.3 Å². The number of hydrogen-bond acceptors (Lipinski definition) is 2. The van der Waals surface area contributed by atoms with Crippen LogP contribution in [0, 0.1) is 0 Å². The molecule has 0 spiro atoms. The lowest BCUT2D eigenvalue weighted by Gasteiger charge is -2.19. The molecule has 0 aliphatic rings. The van der Waals surface area contributed by atoms with Gasteiger partial charge in [-0.05, 0) is 34.9 Å². The average Bonchev–Trinajstić information content (AvgIpc) is 2.70. The van der Waals surface area contributed by atoms with Crippen LogP contribution in [0.25, 0.3) is 0 Å². The first-order valence-corrected chi connectivity index (χ1v) is 9.31. The summed E-state index contributed by atoms with van der Waals surface area (Å²) in [6, 6.07) is 29.4. The molecule has 27 heavy (non-hydrogen) atoms. The normalized spacial score (nSPS) is 11.5. The van der Waals surface area contributed by atoms with Crippen molar-refractivity contribution in [3.05, 3.63) is 96.1 Å². The van der Waals surface area contributed by atoms with Crippen molar-refractivity contribution in [3.8, 4) is 0 Å². The minimum absolute atomic E-state index is 0. The zero-order valence-corrected chi connectivity index (χ0v) is 15.3. The quantitative estimate of drug-likeness (QED) is 0.624. The van der Waals surface area contributed by atoms with Gasteiger partial charge in [0.15, 0.2) is 0 Å². The molecule has 0 bridgehead atoms. The van der Waals surface area contributed by atoms with Crippen molar-refractivity contribution in [3.63, 3.8) is 0 Å². The predicted octanol–water partition coefficient (Wildman–Crippen LogP) is 3.58. The van der Waals surface area contributed by atoms with Gasteiger partial charge in [0.1, 0.15) is 0 Å². The Hall–Kier alpha value is -2.36. The van der Waals surface area contributed by atoms with E-state index >= 15 is 0 Å². The summed E-state index contributed by atoms with van der Waals surface area (Å²) in [7, 11) is 0. The largest absolute Gasteiger partial charge is 0.425 e. The third kappa shape index (κ3) is 6.09. The van der Waals surface area contributed by atoms with E-state index in [0.717, 1.165) is 18.3 Å². The van der Waals surface area contributed by atoms with E-state index in [4.69, 9.17) is 10.4 Å². The molecule has 3 aromatic rings. The number of nitrogens with two attached hydrogens (primary N) is 1. The summed E-state index contributed by atoms with van der Waals surface area (Å²) in [5.41, 5.74) is 11.2. The second kappa shape index (κ2) is 10.7. The lowest BCUT2D eigenvalue weighted by Crippen LogP contribution is -2.47. The van der Waals surface area contributed by atoms with Crippen molar-refractivity contribution in [2.45, 2.75) is 33.2 Å². The number of benzene rings is 3. The molecule has 3 heteroatoms. The molecule has 0 amide bonds. The number of hydrogen-bond donors (Lipinski definition) is 1. The van der Waals surface area contributed by atoms with Crippen LogP contribution in [0.15, 0.2) is 84.9 Å². The maximum absolute atomic E-state index is 6.33. The van der Waals surface area contributed by atoms with Crippen LogP contribution in [0.3, 0.4) is 0 Å². The van der Waals surface area contributed by atoms with Gasteiger partial charge in [0.2, 0.25) is 0 Å². The summed E-state index contributed by atoms with van der Waals surface area (Å²) in [6.07, 6.45) is 1.86. The Morgan fingerprint density at radius 2 is 1.33 bits per heavy atom. The van der Waals surface area contributed by atoms with Gasteiger partial charge in [0.05, 0.1) is 0 Å². The molecule has 0 heterocycles. The van der Waals surface area contributed by atoms with Gasteiger partial charge < -0.3 is 10.4 Å². The SMILES string of the molecule is C.CCc1ccc(B(OCC(N)Cc2ccccc2)c2ccccc2)cc1. The Morgan fingerprint density at radius 1 is 0.778 bits per heavy atom. The monoisotopic (exact) mass is 359 g/mol. The van der Waals surface area contributed by atoms with Crippen molar-refractivity contribution >= 4 is 17.8 Å². The fraction of sp³-hybridized carbons (Fsp3) is 0.250. The minimum Gasteiger partial charge on any atom is -0.425 e. The van der Waals surface area contributed by atoms with E-state index in [0.29, 0.717) is 6.61 Å². The molecule has 2 N–H and O–H groups in total. The Balaban J connectivity index is 0.00000261. The van der Waals surface area contributed by atoms with E-state index in [2.05, 4.69) is 67.6 Å². The number of rotatable bonds is 8. The highest BCUT2D eigenvalue weighted by atomic mass is 16.4. The van der Waals surface area contributed by atoms with E-state index in [1.54, 1.807) is 0 Å². The molecular weight excluding hydrogens is 329 g/mol. The molecule has 3 aromatic carbocycles. The molecule has 0 saturated heterocycles. The fourth-order valence-electron chi connectivity index (χ4n) is 3.14. The summed E-state index contributed by atoms with van der Waals surface area (Å²) in [6.45, 7) is 2.59. The molecular formula is C24H30BNO. The second-order valence-electron chi connectivity index (χ2n) is 6.67. The van der Waals surface area contributed by atoms with E-state index < -0.39 is 0 Å². The summed E-state index contributed by atoms with van der Waals surface area (Å²) in [5, 5.41) is 0.